The molecule has 88 valence electrons. The second-order valence-corrected chi connectivity index (χ2v) is 4.77. The van der Waals surface area contributed by atoms with E-state index in [9.17, 15) is 0 Å². The summed E-state index contributed by atoms with van der Waals surface area (Å²) in [6.07, 6.45) is 7.44. The van der Waals surface area contributed by atoms with Gasteiger partial charge in [0.1, 0.15) is 0 Å². The van der Waals surface area contributed by atoms with Crippen LogP contribution in [0.15, 0.2) is 30.9 Å². The summed E-state index contributed by atoms with van der Waals surface area (Å²) < 4.78 is 0. The minimum absolute atomic E-state index is 0.0745. The molecule has 4 heteroatoms. The van der Waals surface area contributed by atoms with Crippen LogP contribution >= 0.6 is 0 Å². The third-order valence-electron chi connectivity index (χ3n) is 3.44. The maximum absolute atomic E-state index is 4.47. The first-order chi connectivity index (χ1) is 8.28. The summed E-state index contributed by atoms with van der Waals surface area (Å²) in [5, 5.41) is 3.58. The molecular formula is C13H16N4. The number of pyridine rings is 1. The Morgan fingerprint density at radius 3 is 3.00 bits per heavy atom. The van der Waals surface area contributed by atoms with Crippen LogP contribution in [0.1, 0.15) is 23.9 Å². The Hall–Kier alpha value is -1.68. The third kappa shape index (κ3) is 1.85. The summed E-state index contributed by atoms with van der Waals surface area (Å²) in [5.74, 6) is 0. The van der Waals surface area contributed by atoms with Crippen molar-refractivity contribution in [1.82, 2.24) is 20.3 Å². The van der Waals surface area contributed by atoms with Crippen molar-refractivity contribution in [2.24, 2.45) is 0 Å². The van der Waals surface area contributed by atoms with Crippen LogP contribution in [-0.4, -0.2) is 21.5 Å². The number of nitrogens with one attached hydrogen (secondary N) is 2. The fraction of sp³-hybridized carbons (Fsp3) is 0.385. The van der Waals surface area contributed by atoms with E-state index in [1.165, 1.54) is 11.3 Å². The predicted octanol–water partition coefficient (Wildman–Crippen LogP) is 1.41. The first-order valence-corrected chi connectivity index (χ1v) is 5.95. The van der Waals surface area contributed by atoms with Crippen molar-refractivity contribution in [3.63, 3.8) is 0 Å². The van der Waals surface area contributed by atoms with Crippen LogP contribution < -0.4 is 5.32 Å². The van der Waals surface area contributed by atoms with Gasteiger partial charge in [-0.25, -0.2) is 4.98 Å². The number of aromatic amines is 1. The average Bonchev–Trinajstić information content (AvgIpc) is 2.80. The maximum Gasteiger partial charge on any atom is 0.0926 e. The van der Waals surface area contributed by atoms with Crippen molar-refractivity contribution in [3.05, 3.63) is 47.8 Å². The van der Waals surface area contributed by atoms with Crippen LogP contribution in [0.4, 0.5) is 0 Å². The zero-order valence-corrected chi connectivity index (χ0v) is 9.90. The Balaban J connectivity index is 1.93. The van der Waals surface area contributed by atoms with E-state index >= 15 is 0 Å². The van der Waals surface area contributed by atoms with Gasteiger partial charge in [-0.15, -0.1) is 0 Å². The van der Waals surface area contributed by atoms with Gasteiger partial charge in [0.05, 0.1) is 17.6 Å². The zero-order chi connectivity index (χ0) is 11.7. The van der Waals surface area contributed by atoms with Gasteiger partial charge in [0.2, 0.25) is 0 Å². The van der Waals surface area contributed by atoms with Gasteiger partial charge in [0, 0.05) is 31.1 Å². The Bertz CT molecular complexity index is 505. The van der Waals surface area contributed by atoms with Gasteiger partial charge in [-0.2, -0.15) is 0 Å². The Labute approximate surface area is 101 Å². The summed E-state index contributed by atoms with van der Waals surface area (Å²) >= 11 is 0. The van der Waals surface area contributed by atoms with Crippen LogP contribution in [0, 0.1) is 0 Å². The van der Waals surface area contributed by atoms with E-state index in [1.807, 2.05) is 12.4 Å². The van der Waals surface area contributed by atoms with Crippen molar-refractivity contribution in [2.45, 2.75) is 25.3 Å². The molecule has 3 rings (SSSR count). The summed E-state index contributed by atoms with van der Waals surface area (Å²) in [4.78, 5) is 11.8. The van der Waals surface area contributed by atoms with Crippen molar-refractivity contribution >= 4 is 0 Å². The number of H-pyrrole nitrogens is 1. The van der Waals surface area contributed by atoms with E-state index < -0.39 is 0 Å². The van der Waals surface area contributed by atoms with E-state index in [1.54, 1.807) is 6.33 Å². The van der Waals surface area contributed by atoms with Crippen LogP contribution in [0.2, 0.25) is 0 Å². The van der Waals surface area contributed by atoms with Crippen molar-refractivity contribution in [2.75, 3.05) is 6.54 Å². The summed E-state index contributed by atoms with van der Waals surface area (Å²) in [6.45, 7) is 3.21. The molecule has 17 heavy (non-hydrogen) atoms. The molecule has 0 spiro atoms. The minimum atomic E-state index is -0.0745. The van der Waals surface area contributed by atoms with Gasteiger partial charge in [0.15, 0.2) is 0 Å². The van der Waals surface area contributed by atoms with Gasteiger partial charge in [-0.3, -0.25) is 4.98 Å². The van der Waals surface area contributed by atoms with E-state index in [0.717, 1.165) is 25.1 Å². The Morgan fingerprint density at radius 1 is 1.35 bits per heavy atom. The van der Waals surface area contributed by atoms with Crippen molar-refractivity contribution in [3.8, 4) is 0 Å². The lowest BCUT2D eigenvalue weighted by atomic mass is 9.85. The molecule has 1 aliphatic heterocycles. The lowest BCUT2D eigenvalue weighted by Gasteiger charge is -2.34. The number of imidazole rings is 1. The van der Waals surface area contributed by atoms with E-state index in [-0.39, 0.29) is 5.54 Å². The SMILES string of the molecule is CC1(Cc2ccncc2)NCCc2[nH]cnc21. The Kier molecular flexibility index (Phi) is 2.44. The van der Waals surface area contributed by atoms with Crippen molar-refractivity contribution in [1.29, 1.82) is 0 Å². The van der Waals surface area contributed by atoms with Crippen LogP contribution in [0.5, 0.6) is 0 Å². The topological polar surface area (TPSA) is 53.6 Å². The highest BCUT2D eigenvalue weighted by molar-refractivity contribution is 5.27. The first-order valence-electron chi connectivity index (χ1n) is 5.95. The fourth-order valence-corrected chi connectivity index (χ4v) is 2.59. The van der Waals surface area contributed by atoms with Crippen LogP contribution in [-0.2, 0) is 18.4 Å². The number of hydrogen-bond donors (Lipinski definition) is 2. The predicted molar refractivity (Wildman–Crippen MR) is 65.6 cm³/mol. The molecule has 0 fully saturated rings. The summed E-state index contributed by atoms with van der Waals surface area (Å²) in [6, 6.07) is 4.13. The van der Waals surface area contributed by atoms with Gasteiger partial charge >= 0.3 is 0 Å². The Morgan fingerprint density at radius 2 is 2.18 bits per heavy atom. The number of aromatic nitrogens is 3. The van der Waals surface area contributed by atoms with Gasteiger partial charge < -0.3 is 10.3 Å². The number of hydrogen-bond acceptors (Lipinski definition) is 3. The van der Waals surface area contributed by atoms with E-state index in [2.05, 4.69) is 39.3 Å². The van der Waals surface area contributed by atoms with Crippen LogP contribution in [0.25, 0.3) is 0 Å². The number of nitrogens with zero attached hydrogens (tertiary/aromatic N) is 2. The quantitative estimate of drug-likeness (QED) is 0.817. The van der Waals surface area contributed by atoms with Gasteiger partial charge in [-0.05, 0) is 31.0 Å². The first kappa shape index (κ1) is 10.5. The molecule has 0 saturated heterocycles. The highest BCUT2D eigenvalue weighted by Gasteiger charge is 2.33. The van der Waals surface area contributed by atoms with Gasteiger partial charge in [0.25, 0.3) is 0 Å². The maximum atomic E-state index is 4.47. The summed E-state index contributed by atoms with van der Waals surface area (Å²) in [7, 11) is 0. The fourth-order valence-electron chi connectivity index (χ4n) is 2.59. The standard InChI is InChI=1S/C13H16N4/c1-13(8-10-2-5-14-6-3-10)12-11(4-7-17-13)15-9-16-12/h2-3,5-6,9,17H,4,7-8H2,1H3,(H,15,16). The molecule has 0 aliphatic carbocycles. The lowest BCUT2D eigenvalue weighted by molar-refractivity contribution is 0.335. The molecule has 0 bridgehead atoms. The highest BCUT2D eigenvalue weighted by atomic mass is 15.1. The highest BCUT2D eigenvalue weighted by Crippen LogP contribution is 2.29. The molecule has 1 aliphatic rings. The third-order valence-corrected chi connectivity index (χ3v) is 3.44. The van der Waals surface area contributed by atoms with Crippen molar-refractivity contribution < 1.29 is 0 Å². The molecular weight excluding hydrogens is 212 g/mol. The number of fused-ring (bicyclic) bond motifs is 1. The molecule has 2 aromatic heterocycles. The average molecular weight is 228 g/mol. The molecule has 0 saturated carbocycles. The smallest absolute Gasteiger partial charge is 0.0926 e. The monoisotopic (exact) mass is 228 g/mol. The van der Waals surface area contributed by atoms with Crippen LogP contribution in [0.3, 0.4) is 0 Å². The molecule has 0 amide bonds. The molecule has 0 aromatic carbocycles. The molecule has 0 radical (unpaired) electrons. The molecule has 4 nitrogen and oxygen atoms in total. The normalized spacial score (nSPS) is 23.4. The zero-order valence-electron chi connectivity index (χ0n) is 9.90. The minimum Gasteiger partial charge on any atom is -0.348 e. The van der Waals surface area contributed by atoms with E-state index in [0.29, 0.717) is 0 Å². The summed E-state index contributed by atoms with van der Waals surface area (Å²) in [5.41, 5.74) is 3.63. The number of rotatable bonds is 2. The molecule has 1 atom stereocenters. The van der Waals surface area contributed by atoms with E-state index in [4.69, 9.17) is 0 Å². The molecule has 3 heterocycles. The second kappa shape index (κ2) is 3.96. The molecule has 1 unspecified atom stereocenters. The molecule has 2 N–H and O–H groups in total. The second-order valence-electron chi connectivity index (χ2n) is 4.77. The largest absolute Gasteiger partial charge is 0.348 e. The van der Waals surface area contributed by atoms with Gasteiger partial charge in [-0.1, -0.05) is 0 Å². The lowest BCUT2D eigenvalue weighted by Crippen LogP contribution is -2.46. The molecule has 2 aromatic rings.